The molecule has 0 saturated carbocycles. The van der Waals surface area contributed by atoms with E-state index < -0.39 is 0 Å². The molecule has 1 unspecified atom stereocenters. The Morgan fingerprint density at radius 3 is 2.71 bits per heavy atom. The lowest BCUT2D eigenvalue weighted by atomic mass is 9.95. The number of benzene rings is 2. The molecule has 0 saturated heterocycles. The fraction of sp³-hybridized carbons (Fsp3) is 0.222. The molecule has 1 aliphatic heterocycles. The third-order valence-corrected chi connectivity index (χ3v) is 4.31. The predicted octanol–water partition coefficient (Wildman–Crippen LogP) is 3.74. The van der Waals surface area contributed by atoms with E-state index in [1.807, 2.05) is 12.1 Å². The van der Waals surface area contributed by atoms with Gasteiger partial charge in [0.15, 0.2) is 0 Å². The summed E-state index contributed by atoms with van der Waals surface area (Å²) in [6.45, 7) is 0.987. The van der Waals surface area contributed by atoms with Crippen LogP contribution in [0.15, 0.2) is 48.5 Å². The summed E-state index contributed by atoms with van der Waals surface area (Å²) in [6.07, 6.45) is 1.93. The van der Waals surface area contributed by atoms with Crippen LogP contribution in [0.4, 0.5) is 4.39 Å². The van der Waals surface area contributed by atoms with Gasteiger partial charge in [0, 0.05) is 16.6 Å². The minimum absolute atomic E-state index is 0.179. The van der Waals surface area contributed by atoms with E-state index in [4.69, 9.17) is 0 Å². The number of hydrogen-bond acceptors (Lipinski definition) is 1. The van der Waals surface area contributed by atoms with E-state index >= 15 is 0 Å². The number of nitrogens with one attached hydrogen (secondary N) is 2. The van der Waals surface area contributed by atoms with Crippen molar-refractivity contribution < 1.29 is 4.39 Å². The maximum atomic E-state index is 13.0. The number of hydrogen-bond donors (Lipinski definition) is 2. The lowest BCUT2D eigenvalue weighted by Crippen LogP contribution is -2.31. The van der Waals surface area contributed by atoms with Crippen LogP contribution in [0.5, 0.6) is 0 Å². The number of H-pyrrole nitrogens is 1. The molecule has 2 heterocycles. The molecular weight excluding hydrogens is 263 g/mol. The van der Waals surface area contributed by atoms with Gasteiger partial charge in [-0.2, -0.15) is 0 Å². The predicted molar refractivity (Wildman–Crippen MR) is 82.9 cm³/mol. The Morgan fingerprint density at radius 1 is 1.05 bits per heavy atom. The molecule has 1 aromatic heterocycles. The summed E-state index contributed by atoms with van der Waals surface area (Å²) in [5.41, 5.74) is 5.07. The van der Waals surface area contributed by atoms with Crippen molar-refractivity contribution in [1.29, 1.82) is 0 Å². The highest BCUT2D eigenvalue weighted by molar-refractivity contribution is 5.85. The Labute approximate surface area is 123 Å². The number of halogens is 1. The van der Waals surface area contributed by atoms with E-state index in [1.165, 1.54) is 34.3 Å². The van der Waals surface area contributed by atoms with Crippen LogP contribution in [0.1, 0.15) is 22.9 Å². The SMILES string of the molecule is Fc1ccc(CC2NCCc3c2[nH]c2ccccc32)cc1. The summed E-state index contributed by atoms with van der Waals surface area (Å²) < 4.78 is 13.0. The molecule has 21 heavy (non-hydrogen) atoms. The fourth-order valence-electron chi connectivity index (χ4n) is 3.29. The van der Waals surface area contributed by atoms with Crippen LogP contribution in [0.2, 0.25) is 0 Å². The van der Waals surface area contributed by atoms with Gasteiger partial charge in [-0.15, -0.1) is 0 Å². The molecular formula is C18H17FN2. The van der Waals surface area contributed by atoms with E-state index in [-0.39, 0.29) is 11.9 Å². The molecule has 3 heteroatoms. The fourth-order valence-corrected chi connectivity index (χ4v) is 3.29. The van der Waals surface area contributed by atoms with E-state index in [9.17, 15) is 4.39 Å². The minimum Gasteiger partial charge on any atom is -0.357 e. The van der Waals surface area contributed by atoms with E-state index in [0.29, 0.717) is 0 Å². The highest BCUT2D eigenvalue weighted by Crippen LogP contribution is 2.31. The largest absolute Gasteiger partial charge is 0.357 e. The minimum atomic E-state index is -0.179. The molecule has 2 aromatic carbocycles. The van der Waals surface area contributed by atoms with Gasteiger partial charge in [0.05, 0.1) is 6.04 Å². The molecule has 0 bridgehead atoms. The van der Waals surface area contributed by atoms with Crippen molar-refractivity contribution in [3.05, 3.63) is 71.2 Å². The van der Waals surface area contributed by atoms with Crippen molar-refractivity contribution in [2.24, 2.45) is 0 Å². The van der Waals surface area contributed by atoms with Crippen molar-refractivity contribution in [3.63, 3.8) is 0 Å². The number of aromatic nitrogens is 1. The summed E-state index contributed by atoms with van der Waals surface area (Å²) in [5, 5.41) is 4.91. The average Bonchev–Trinajstić information content (AvgIpc) is 2.89. The Morgan fingerprint density at radius 2 is 1.86 bits per heavy atom. The molecule has 0 spiro atoms. The number of fused-ring (bicyclic) bond motifs is 3. The van der Waals surface area contributed by atoms with Gasteiger partial charge in [0.25, 0.3) is 0 Å². The van der Waals surface area contributed by atoms with Crippen molar-refractivity contribution in [2.75, 3.05) is 6.54 Å². The normalized spacial score (nSPS) is 17.9. The Kier molecular flexibility index (Phi) is 3.00. The van der Waals surface area contributed by atoms with Crippen molar-refractivity contribution in [2.45, 2.75) is 18.9 Å². The highest BCUT2D eigenvalue weighted by atomic mass is 19.1. The molecule has 0 fully saturated rings. The Balaban J connectivity index is 1.71. The molecule has 1 aliphatic rings. The topological polar surface area (TPSA) is 27.8 Å². The zero-order valence-electron chi connectivity index (χ0n) is 11.7. The summed E-state index contributed by atoms with van der Waals surface area (Å²) in [6, 6.07) is 15.5. The van der Waals surface area contributed by atoms with Crippen LogP contribution in [-0.2, 0) is 12.8 Å². The molecule has 0 amide bonds. The van der Waals surface area contributed by atoms with Crippen LogP contribution in [0.3, 0.4) is 0 Å². The number of rotatable bonds is 2. The summed E-state index contributed by atoms with van der Waals surface area (Å²) in [7, 11) is 0. The van der Waals surface area contributed by atoms with Crippen molar-refractivity contribution in [3.8, 4) is 0 Å². The van der Waals surface area contributed by atoms with Gasteiger partial charge in [0.1, 0.15) is 5.82 Å². The van der Waals surface area contributed by atoms with Gasteiger partial charge in [-0.1, -0.05) is 30.3 Å². The van der Waals surface area contributed by atoms with Crippen LogP contribution >= 0.6 is 0 Å². The second-order valence-electron chi connectivity index (χ2n) is 5.65. The molecule has 3 aromatic rings. The summed E-state index contributed by atoms with van der Waals surface area (Å²) in [4.78, 5) is 3.56. The first-order chi connectivity index (χ1) is 10.3. The lowest BCUT2D eigenvalue weighted by Gasteiger charge is -2.24. The molecule has 0 radical (unpaired) electrons. The van der Waals surface area contributed by atoms with Crippen LogP contribution in [0, 0.1) is 5.82 Å². The molecule has 106 valence electrons. The Hall–Kier alpha value is -2.13. The first-order valence-electron chi connectivity index (χ1n) is 7.38. The average molecular weight is 280 g/mol. The van der Waals surface area contributed by atoms with Crippen molar-refractivity contribution >= 4 is 10.9 Å². The smallest absolute Gasteiger partial charge is 0.123 e. The quantitative estimate of drug-likeness (QED) is 0.735. The zero-order valence-corrected chi connectivity index (χ0v) is 11.7. The second-order valence-corrected chi connectivity index (χ2v) is 5.65. The van der Waals surface area contributed by atoms with E-state index in [2.05, 4.69) is 34.6 Å². The van der Waals surface area contributed by atoms with E-state index in [0.717, 1.165) is 24.9 Å². The zero-order chi connectivity index (χ0) is 14.2. The van der Waals surface area contributed by atoms with Gasteiger partial charge in [-0.3, -0.25) is 0 Å². The summed E-state index contributed by atoms with van der Waals surface area (Å²) in [5.74, 6) is -0.179. The molecule has 0 aliphatic carbocycles. The van der Waals surface area contributed by atoms with Crippen LogP contribution < -0.4 is 5.32 Å². The first kappa shape index (κ1) is 12.6. The van der Waals surface area contributed by atoms with Crippen LogP contribution in [0.25, 0.3) is 10.9 Å². The maximum absolute atomic E-state index is 13.0. The van der Waals surface area contributed by atoms with Gasteiger partial charge in [-0.25, -0.2) is 4.39 Å². The van der Waals surface area contributed by atoms with Crippen LogP contribution in [-0.4, -0.2) is 11.5 Å². The molecule has 2 nitrogen and oxygen atoms in total. The first-order valence-corrected chi connectivity index (χ1v) is 7.38. The highest BCUT2D eigenvalue weighted by Gasteiger charge is 2.23. The Bertz CT molecular complexity index is 774. The number of aromatic amines is 1. The standard InChI is InChI=1S/C18H17FN2/c19-13-7-5-12(6-8-13)11-17-18-15(9-10-20-17)14-3-1-2-4-16(14)21-18/h1-8,17,20-21H,9-11H2. The number of para-hydroxylation sites is 1. The third kappa shape index (κ3) is 2.24. The van der Waals surface area contributed by atoms with Gasteiger partial charge in [-0.05, 0) is 48.7 Å². The monoisotopic (exact) mass is 280 g/mol. The molecule has 4 rings (SSSR count). The molecule has 2 N–H and O–H groups in total. The lowest BCUT2D eigenvalue weighted by molar-refractivity contribution is 0.494. The summed E-state index contributed by atoms with van der Waals surface area (Å²) >= 11 is 0. The third-order valence-electron chi connectivity index (χ3n) is 4.31. The maximum Gasteiger partial charge on any atom is 0.123 e. The van der Waals surface area contributed by atoms with Gasteiger partial charge < -0.3 is 10.3 Å². The van der Waals surface area contributed by atoms with Gasteiger partial charge in [0.2, 0.25) is 0 Å². The molecule has 1 atom stereocenters. The second kappa shape index (κ2) is 5.01. The van der Waals surface area contributed by atoms with Gasteiger partial charge >= 0.3 is 0 Å². The van der Waals surface area contributed by atoms with E-state index in [1.54, 1.807) is 0 Å². The van der Waals surface area contributed by atoms with Crippen molar-refractivity contribution in [1.82, 2.24) is 10.3 Å².